The van der Waals surface area contributed by atoms with Crippen LogP contribution in [0.2, 0.25) is 0 Å². The van der Waals surface area contributed by atoms with E-state index in [4.69, 9.17) is 23.7 Å². The predicted octanol–water partition coefficient (Wildman–Crippen LogP) is 2.19. The van der Waals surface area contributed by atoms with E-state index in [1.165, 1.54) is 4.90 Å². The molecule has 30 heavy (non-hydrogen) atoms. The highest BCUT2D eigenvalue weighted by Gasteiger charge is 2.35. The molecule has 0 N–H and O–H groups in total. The van der Waals surface area contributed by atoms with Gasteiger partial charge in [-0.05, 0) is 36.8 Å². The minimum atomic E-state index is -0.934. The minimum absolute atomic E-state index is 0.331. The van der Waals surface area contributed by atoms with Crippen molar-refractivity contribution < 1.29 is 33.3 Å². The van der Waals surface area contributed by atoms with Crippen LogP contribution in [0.25, 0.3) is 0 Å². The van der Waals surface area contributed by atoms with Gasteiger partial charge in [-0.3, -0.25) is 4.79 Å². The molecular weight excluding hydrogens is 390 g/mol. The number of para-hydroxylation sites is 2. The summed E-state index contributed by atoms with van der Waals surface area (Å²) in [7, 11) is 1.64. The fourth-order valence-electron chi connectivity index (χ4n) is 3.25. The van der Waals surface area contributed by atoms with Crippen molar-refractivity contribution in [3.8, 4) is 23.0 Å². The van der Waals surface area contributed by atoms with Gasteiger partial charge < -0.3 is 28.6 Å². The van der Waals surface area contributed by atoms with Gasteiger partial charge in [0.1, 0.15) is 19.3 Å². The van der Waals surface area contributed by atoms with Crippen molar-refractivity contribution in [1.82, 2.24) is 4.90 Å². The maximum Gasteiger partial charge on any atom is 0.351 e. The Hall–Kier alpha value is -3.42. The van der Waals surface area contributed by atoms with Gasteiger partial charge in [-0.2, -0.15) is 0 Å². The van der Waals surface area contributed by atoms with Crippen LogP contribution in [-0.4, -0.2) is 55.9 Å². The van der Waals surface area contributed by atoms with Crippen molar-refractivity contribution in [2.45, 2.75) is 25.7 Å². The van der Waals surface area contributed by atoms with Crippen LogP contribution in [-0.2, 0) is 20.9 Å². The van der Waals surface area contributed by atoms with Gasteiger partial charge in [-0.25, -0.2) is 4.79 Å². The number of likely N-dealkylation sites (N-methyl/N-ethyl adjacent to an activating group) is 1. The van der Waals surface area contributed by atoms with Crippen molar-refractivity contribution in [3.63, 3.8) is 0 Å². The molecular formula is C22H23NO7. The minimum Gasteiger partial charge on any atom is -0.486 e. The second-order valence-electron chi connectivity index (χ2n) is 7.14. The summed E-state index contributed by atoms with van der Waals surface area (Å²) in [6.45, 7) is 2.71. The average molecular weight is 413 g/mol. The molecule has 0 aromatic heterocycles. The molecule has 8 heteroatoms. The molecule has 2 aromatic rings. The third kappa shape index (κ3) is 4.27. The molecule has 0 fully saturated rings. The number of amides is 1. The predicted molar refractivity (Wildman–Crippen MR) is 106 cm³/mol. The first-order valence-electron chi connectivity index (χ1n) is 9.73. The Bertz CT molecular complexity index is 945. The third-order valence-corrected chi connectivity index (χ3v) is 4.86. The van der Waals surface area contributed by atoms with Crippen molar-refractivity contribution in [3.05, 3.63) is 48.0 Å². The number of carbonyl (C=O) groups excluding carboxylic acids is 2. The summed E-state index contributed by atoms with van der Waals surface area (Å²) >= 11 is 0. The van der Waals surface area contributed by atoms with Crippen LogP contribution in [0.5, 0.6) is 23.0 Å². The molecule has 2 heterocycles. The lowest BCUT2D eigenvalue weighted by atomic mass is 10.2. The van der Waals surface area contributed by atoms with Gasteiger partial charge in [0, 0.05) is 13.6 Å². The van der Waals surface area contributed by atoms with Gasteiger partial charge in [-0.15, -0.1) is 0 Å². The summed E-state index contributed by atoms with van der Waals surface area (Å²) in [5.41, 5.74) is 0.885. The zero-order valence-electron chi connectivity index (χ0n) is 16.8. The lowest BCUT2D eigenvalue weighted by Gasteiger charge is -2.30. The molecule has 0 bridgehead atoms. The number of rotatable bonds is 5. The largest absolute Gasteiger partial charge is 0.486 e. The molecule has 1 amide bonds. The number of ether oxygens (including phenoxy) is 5. The van der Waals surface area contributed by atoms with E-state index < -0.39 is 18.2 Å². The number of hydrogen-bond donors (Lipinski definition) is 0. The average Bonchev–Trinajstić information content (AvgIpc) is 2.76. The highest BCUT2D eigenvalue weighted by Crippen LogP contribution is 2.34. The Kier molecular flexibility index (Phi) is 5.65. The van der Waals surface area contributed by atoms with Gasteiger partial charge in [0.2, 0.25) is 6.10 Å². The number of esters is 1. The molecule has 0 spiro atoms. The van der Waals surface area contributed by atoms with E-state index >= 15 is 0 Å². The van der Waals surface area contributed by atoms with Gasteiger partial charge in [0.25, 0.3) is 5.91 Å². The van der Waals surface area contributed by atoms with E-state index in [9.17, 15) is 9.59 Å². The first-order valence-corrected chi connectivity index (χ1v) is 9.73. The van der Waals surface area contributed by atoms with Crippen molar-refractivity contribution in [1.29, 1.82) is 0 Å². The smallest absolute Gasteiger partial charge is 0.351 e. The molecule has 0 radical (unpaired) electrons. The van der Waals surface area contributed by atoms with Crippen molar-refractivity contribution in [2.75, 3.05) is 26.9 Å². The Labute approximate surface area is 174 Å². The second-order valence-corrected chi connectivity index (χ2v) is 7.14. The highest BCUT2D eigenvalue weighted by molar-refractivity contribution is 5.82. The SMILES string of the molecule is C[C@H]1Oc2ccccc2O[C@@H]1C(=O)OCC(=O)N(C)Cc1ccc2c(c1)OCCO2. The van der Waals surface area contributed by atoms with Crippen LogP contribution in [0.1, 0.15) is 12.5 Å². The summed E-state index contributed by atoms with van der Waals surface area (Å²) < 4.78 is 27.7. The molecule has 2 aromatic carbocycles. The quantitative estimate of drug-likeness (QED) is 0.695. The van der Waals surface area contributed by atoms with Crippen LogP contribution >= 0.6 is 0 Å². The Morgan fingerprint density at radius 2 is 1.70 bits per heavy atom. The number of fused-ring (bicyclic) bond motifs is 2. The summed E-state index contributed by atoms with van der Waals surface area (Å²) in [5, 5.41) is 0. The molecule has 158 valence electrons. The van der Waals surface area contributed by atoms with Crippen LogP contribution in [0.3, 0.4) is 0 Å². The Morgan fingerprint density at radius 3 is 2.47 bits per heavy atom. The topological polar surface area (TPSA) is 83.5 Å². The molecule has 4 rings (SSSR count). The first-order chi connectivity index (χ1) is 14.5. The standard InChI is InChI=1S/C22H23NO7/c1-14-21(30-18-6-4-3-5-17(18)29-14)22(25)28-13-20(24)23(2)12-15-7-8-16-19(11-15)27-10-9-26-16/h3-8,11,14,21H,9-10,12-13H2,1-2H3/t14-,21+/m1/s1. The van der Waals surface area contributed by atoms with Crippen LogP contribution in [0.4, 0.5) is 0 Å². The normalized spacial score (nSPS) is 19.0. The zero-order valence-corrected chi connectivity index (χ0v) is 16.8. The van der Waals surface area contributed by atoms with E-state index in [2.05, 4.69) is 0 Å². The van der Waals surface area contributed by atoms with Gasteiger partial charge in [-0.1, -0.05) is 18.2 Å². The third-order valence-electron chi connectivity index (χ3n) is 4.86. The number of carbonyl (C=O) groups is 2. The van der Waals surface area contributed by atoms with Crippen LogP contribution in [0, 0.1) is 0 Å². The number of benzene rings is 2. The summed E-state index contributed by atoms with van der Waals surface area (Å²) in [6, 6.07) is 12.6. The lowest BCUT2D eigenvalue weighted by Crippen LogP contribution is -2.45. The first kappa shape index (κ1) is 19.9. The van der Waals surface area contributed by atoms with E-state index in [-0.39, 0.29) is 12.5 Å². The maximum absolute atomic E-state index is 12.4. The van der Waals surface area contributed by atoms with Crippen LogP contribution < -0.4 is 18.9 Å². The molecule has 2 aliphatic heterocycles. The Balaban J connectivity index is 1.30. The molecule has 2 atom stereocenters. The van der Waals surface area contributed by atoms with E-state index in [0.29, 0.717) is 42.8 Å². The monoisotopic (exact) mass is 413 g/mol. The summed E-state index contributed by atoms with van der Waals surface area (Å²) in [5.74, 6) is 1.43. The van der Waals surface area contributed by atoms with Gasteiger partial charge >= 0.3 is 5.97 Å². The molecule has 0 saturated heterocycles. The second kappa shape index (κ2) is 8.52. The summed E-state index contributed by atoms with van der Waals surface area (Å²) in [4.78, 5) is 26.3. The zero-order chi connectivity index (χ0) is 21.1. The van der Waals surface area contributed by atoms with E-state index in [1.807, 2.05) is 24.3 Å². The fourth-order valence-corrected chi connectivity index (χ4v) is 3.25. The van der Waals surface area contributed by atoms with Crippen molar-refractivity contribution >= 4 is 11.9 Å². The van der Waals surface area contributed by atoms with Gasteiger partial charge in [0.15, 0.2) is 29.6 Å². The maximum atomic E-state index is 12.4. The fraction of sp³-hybridized carbons (Fsp3) is 0.364. The molecule has 8 nitrogen and oxygen atoms in total. The molecule has 0 unspecified atom stereocenters. The molecule has 0 saturated carbocycles. The number of nitrogens with zero attached hydrogens (tertiary/aromatic N) is 1. The number of hydrogen-bond acceptors (Lipinski definition) is 7. The molecule has 2 aliphatic rings. The Morgan fingerprint density at radius 1 is 1.00 bits per heavy atom. The van der Waals surface area contributed by atoms with Crippen molar-refractivity contribution in [2.24, 2.45) is 0 Å². The van der Waals surface area contributed by atoms with E-state index in [1.54, 1.807) is 32.2 Å². The van der Waals surface area contributed by atoms with Gasteiger partial charge in [0.05, 0.1) is 0 Å². The highest BCUT2D eigenvalue weighted by atomic mass is 16.6. The van der Waals surface area contributed by atoms with Crippen LogP contribution in [0.15, 0.2) is 42.5 Å². The lowest BCUT2D eigenvalue weighted by molar-refractivity contribution is -0.162. The van der Waals surface area contributed by atoms with E-state index in [0.717, 1.165) is 5.56 Å². The molecule has 0 aliphatic carbocycles. The summed E-state index contributed by atoms with van der Waals surface area (Å²) in [6.07, 6.45) is -1.46.